The molecule has 0 saturated carbocycles. The molecule has 19 heavy (non-hydrogen) atoms. The van der Waals surface area contributed by atoms with Gasteiger partial charge in [0, 0.05) is 11.4 Å². The lowest BCUT2D eigenvalue weighted by atomic mass is 9.97. The van der Waals surface area contributed by atoms with E-state index in [2.05, 4.69) is 10.2 Å². The molecule has 0 unspecified atom stereocenters. The fourth-order valence-corrected chi connectivity index (χ4v) is 3.39. The number of likely N-dealkylation sites (tertiary alicyclic amines) is 1. The van der Waals surface area contributed by atoms with E-state index < -0.39 is 11.1 Å². The molecule has 0 bridgehead atoms. The number of halogens is 3. The van der Waals surface area contributed by atoms with Crippen LogP contribution in [0.1, 0.15) is 22.6 Å². The maximum atomic E-state index is 12.5. The summed E-state index contributed by atoms with van der Waals surface area (Å²) in [7, 11) is 1.96. The predicted molar refractivity (Wildman–Crippen MR) is 71.2 cm³/mol. The minimum atomic E-state index is -4.21. The molecule has 0 aromatic carbocycles. The molecule has 0 amide bonds. The summed E-state index contributed by atoms with van der Waals surface area (Å²) < 4.78 is 37.5. The number of nitrogens with one attached hydrogen (secondary N) is 1. The van der Waals surface area contributed by atoms with Crippen LogP contribution in [0.25, 0.3) is 0 Å². The molecule has 1 aliphatic rings. The van der Waals surface area contributed by atoms with Crippen molar-refractivity contribution in [2.24, 2.45) is 5.92 Å². The fourth-order valence-electron chi connectivity index (χ4n) is 2.47. The molecule has 0 spiro atoms. The van der Waals surface area contributed by atoms with Crippen molar-refractivity contribution in [1.29, 1.82) is 0 Å². The highest BCUT2D eigenvalue weighted by Crippen LogP contribution is 2.35. The van der Waals surface area contributed by atoms with Crippen LogP contribution < -0.4 is 5.32 Å². The lowest BCUT2D eigenvalue weighted by Crippen LogP contribution is -2.36. The molecule has 0 atom stereocenters. The minimum Gasteiger partial charge on any atom is -0.319 e. The average molecular weight is 292 g/mol. The topological polar surface area (TPSA) is 15.3 Å². The van der Waals surface area contributed by atoms with Crippen LogP contribution in [0.2, 0.25) is 0 Å². The van der Waals surface area contributed by atoms with E-state index in [4.69, 9.17) is 0 Å². The monoisotopic (exact) mass is 292 g/mol. The molecular weight excluding hydrogens is 273 g/mol. The van der Waals surface area contributed by atoms with Crippen molar-refractivity contribution in [3.05, 3.63) is 21.9 Å². The summed E-state index contributed by atoms with van der Waals surface area (Å²) in [6.07, 6.45) is -1.96. The van der Waals surface area contributed by atoms with Crippen LogP contribution in [-0.4, -0.2) is 31.6 Å². The fraction of sp³-hybridized carbons (Fsp3) is 0.692. The van der Waals surface area contributed by atoms with Gasteiger partial charge in [-0.05, 0) is 57.6 Å². The van der Waals surface area contributed by atoms with Gasteiger partial charge in [-0.25, -0.2) is 0 Å². The quantitative estimate of drug-likeness (QED) is 0.917. The van der Waals surface area contributed by atoms with Crippen LogP contribution in [-0.2, 0) is 12.7 Å². The molecule has 0 aliphatic carbocycles. The molecule has 0 radical (unpaired) electrons. The van der Waals surface area contributed by atoms with Crippen LogP contribution in [0.15, 0.2) is 12.1 Å². The van der Waals surface area contributed by atoms with Crippen molar-refractivity contribution in [2.75, 3.05) is 26.7 Å². The van der Waals surface area contributed by atoms with Crippen molar-refractivity contribution in [1.82, 2.24) is 10.2 Å². The third-order valence-corrected chi connectivity index (χ3v) is 4.64. The second-order valence-electron chi connectivity index (χ2n) is 5.04. The first-order chi connectivity index (χ1) is 8.99. The highest BCUT2D eigenvalue weighted by Gasteiger charge is 2.32. The van der Waals surface area contributed by atoms with Gasteiger partial charge < -0.3 is 5.32 Å². The first-order valence-electron chi connectivity index (χ1n) is 6.52. The zero-order valence-corrected chi connectivity index (χ0v) is 11.8. The largest absolute Gasteiger partial charge is 0.425 e. The Kier molecular flexibility index (Phi) is 4.86. The SMILES string of the molecule is CNCC1CCN(Cc2ccc(C(F)(F)F)s2)CC1. The van der Waals surface area contributed by atoms with Crippen LogP contribution in [0.3, 0.4) is 0 Å². The summed E-state index contributed by atoms with van der Waals surface area (Å²) >= 11 is 0.866. The van der Waals surface area contributed by atoms with Gasteiger partial charge in [0.1, 0.15) is 4.88 Å². The van der Waals surface area contributed by atoms with Crippen LogP contribution in [0, 0.1) is 5.92 Å². The van der Waals surface area contributed by atoms with Crippen molar-refractivity contribution in [2.45, 2.75) is 25.6 Å². The van der Waals surface area contributed by atoms with E-state index >= 15 is 0 Å². The van der Waals surface area contributed by atoms with Crippen molar-refractivity contribution < 1.29 is 13.2 Å². The third-order valence-electron chi connectivity index (χ3n) is 3.52. The van der Waals surface area contributed by atoms with Gasteiger partial charge in [-0.1, -0.05) is 0 Å². The van der Waals surface area contributed by atoms with E-state index in [1.54, 1.807) is 6.07 Å². The molecule has 1 saturated heterocycles. The van der Waals surface area contributed by atoms with E-state index in [1.165, 1.54) is 6.07 Å². The molecule has 1 N–H and O–H groups in total. The van der Waals surface area contributed by atoms with Crippen molar-refractivity contribution in [3.63, 3.8) is 0 Å². The standard InChI is InChI=1S/C13H19F3N2S/c1-17-8-10-4-6-18(7-5-10)9-11-2-3-12(19-11)13(14,15)16/h2-3,10,17H,4-9H2,1H3. The molecule has 1 fully saturated rings. The average Bonchev–Trinajstić information content (AvgIpc) is 2.80. The van der Waals surface area contributed by atoms with Gasteiger partial charge in [0.15, 0.2) is 0 Å². The smallest absolute Gasteiger partial charge is 0.319 e. The van der Waals surface area contributed by atoms with Crippen LogP contribution in [0.5, 0.6) is 0 Å². The lowest BCUT2D eigenvalue weighted by molar-refractivity contribution is -0.134. The normalized spacial score (nSPS) is 18.9. The summed E-state index contributed by atoms with van der Waals surface area (Å²) in [4.78, 5) is 2.56. The van der Waals surface area contributed by atoms with Crippen LogP contribution in [0.4, 0.5) is 13.2 Å². The zero-order valence-electron chi connectivity index (χ0n) is 11.0. The van der Waals surface area contributed by atoms with Gasteiger partial charge in [0.25, 0.3) is 0 Å². The first-order valence-corrected chi connectivity index (χ1v) is 7.33. The molecule has 2 heterocycles. The number of hydrogen-bond donors (Lipinski definition) is 1. The minimum absolute atomic E-state index is 0.493. The molecule has 1 aliphatic heterocycles. The molecule has 2 rings (SSSR count). The van der Waals surface area contributed by atoms with E-state index in [9.17, 15) is 13.2 Å². The Morgan fingerprint density at radius 3 is 2.53 bits per heavy atom. The van der Waals surface area contributed by atoms with Gasteiger partial charge in [-0.3, -0.25) is 4.90 Å². The number of hydrogen-bond acceptors (Lipinski definition) is 3. The summed E-state index contributed by atoms with van der Waals surface area (Å²) in [5, 5.41) is 3.18. The maximum absolute atomic E-state index is 12.5. The van der Waals surface area contributed by atoms with Crippen molar-refractivity contribution in [3.8, 4) is 0 Å². The molecule has 1 aromatic heterocycles. The molecule has 1 aromatic rings. The summed E-state index contributed by atoms with van der Waals surface area (Å²) in [5.74, 6) is 0.704. The number of piperidine rings is 1. The Labute approximate surface area is 115 Å². The summed E-state index contributed by atoms with van der Waals surface area (Å²) in [5.41, 5.74) is 0. The highest BCUT2D eigenvalue weighted by atomic mass is 32.1. The number of nitrogens with zero attached hydrogens (tertiary/aromatic N) is 1. The number of rotatable bonds is 4. The second-order valence-corrected chi connectivity index (χ2v) is 6.21. The Hall–Kier alpha value is -0.590. The third kappa shape index (κ3) is 4.19. The van der Waals surface area contributed by atoms with Gasteiger partial charge >= 0.3 is 6.18 Å². The number of alkyl halides is 3. The van der Waals surface area contributed by atoms with Crippen LogP contribution >= 0.6 is 11.3 Å². The Balaban J connectivity index is 1.84. The predicted octanol–water partition coefficient (Wildman–Crippen LogP) is 3.20. The van der Waals surface area contributed by atoms with E-state index in [0.29, 0.717) is 12.5 Å². The summed E-state index contributed by atoms with van der Waals surface area (Å²) in [6.45, 7) is 3.63. The molecule has 2 nitrogen and oxygen atoms in total. The van der Waals surface area contributed by atoms with Gasteiger partial charge in [-0.15, -0.1) is 11.3 Å². The van der Waals surface area contributed by atoms with Crippen molar-refractivity contribution >= 4 is 11.3 Å². The molecule has 6 heteroatoms. The van der Waals surface area contributed by atoms with E-state index in [1.807, 2.05) is 7.05 Å². The Bertz CT molecular complexity index is 395. The van der Waals surface area contributed by atoms with E-state index in [-0.39, 0.29) is 0 Å². The Morgan fingerprint density at radius 1 is 1.32 bits per heavy atom. The van der Waals surface area contributed by atoms with Gasteiger partial charge in [0.2, 0.25) is 0 Å². The first kappa shape index (κ1) is 14.8. The Morgan fingerprint density at radius 2 is 2.00 bits per heavy atom. The second kappa shape index (κ2) is 6.24. The van der Waals surface area contributed by atoms with Gasteiger partial charge in [-0.2, -0.15) is 13.2 Å². The summed E-state index contributed by atoms with van der Waals surface area (Å²) in [6, 6.07) is 2.79. The highest BCUT2D eigenvalue weighted by molar-refractivity contribution is 7.12. The lowest BCUT2D eigenvalue weighted by Gasteiger charge is -2.31. The van der Waals surface area contributed by atoms with Gasteiger partial charge in [0.05, 0.1) is 0 Å². The molecule has 108 valence electrons. The zero-order chi connectivity index (χ0) is 13.9. The van der Waals surface area contributed by atoms with E-state index in [0.717, 1.165) is 48.7 Å². The number of thiophene rings is 1. The maximum Gasteiger partial charge on any atom is 0.425 e. The molecular formula is C13H19F3N2S.